The number of aromatic nitrogens is 2. The molecule has 0 atom stereocenters. The van der Waals surface area contributed by atoms with Gasteiger partial charge in [0.05, 0.1) is 29.6 Å². The number of benzene rings is 1. The number of pyridine rings is 2. The molecule has 0 unspecified atom stereocenters. The largest absolute Gasteiger partial charge is 0.488 e. The second-order valence-corrected chi connectivity index (χ2v) is 6.62. The molecule has 3 aromatic rings. The zero-order chi connectivity index (χ0) is 20.4. The molecule has 0 saturated carbocycles. The Bertz CT molecular complexity index is 1150. The monoisotopic (exact) mass is 387 g/mol. The van der Waals surface area contributed by atoms with Crippen LogP contribution in [0.15, 0.2) is 40.1 Å². The van der Waals surface area contributed by atoms with Crippen LogP contribution in [0.1, 0.15) is 12.0 Å². The van der Waals surface area contributed by atoms with Gasteiger partial charge in [0.15, 0.2) is 5.75 Å². The smallest absolute Gasteiger partial charge is 0.253 e. The number of ether oxygens (including phenoxy) is 1. The van der Waals surface area contributed by atoms with Crippen molar-refractivity contribution in [2.45, 2.75) is 13.3 Å². The number of aliphatic hydroxyl groups excluding tert-OH is 1. The minimum atomic E-state index is -0.485. The highest BCUT2D eigenvalue weighted by Gasteiger charge is 2.17. The molecule has 28 heavy (non-hydrogen) atoms. The van der Waals surface area contributed by atoms with Crippen LogP contribution < -0.4 is 21.0 Å². The molecule has 0 aliphatic carbocycles. The molecule has 3 rings (SSSR count). The quantitative estimate of drug-likeness (QED) is 0.634. The van der Waals surface area contributed by atoms with Gasteiger partial charge in [-0.3, -0.25) is 14.2 Å². The van der Waals surface area contributed by atoms with Crippen LogP contribution in [-0.4, -0.2) is 27.5 Å². The van der Waals surface area contributed by atoms with E-state index in [-0.39, 0.29) is 41.3 Å². The Morgan fingerprint density at radius 1 is 1.18 bits per heavy atom. The Morgan fingerprint density at radius 3 is 2.61 bits per heavy atom. The molecule has 0 saturated heterocycles. The zero-order valence-electron chi connectivity index (χ0n) is 16.0. The van der Waals surface area contributed by atoms with E-state index in [9.17, 15) is 14.0 Å². The minimum Gasteiger partial charge on any atom is -0.488 e. The Labute approximate surface area is 160 Å². The van der Waals surface area contributed by atoms with Gasteiger partial charge in [-0.05, 0) is 24.6 Å². The van der Waals surface area contributed by atoms with Crippen LogP contribution >= 0.6 is 0 Å². The lowest BCUT2D eigenvalue weighted by molar-refractivity contribution is 0.232. The van der Waals surface area contributed by atoms with Gasteiger partial charge in [0.25, 0.3) is 5.56 Å². The van der Waals surface area contributed by atoms with Gasteiger partial charge in [-0.1, -0.05) is 6.07 Å². The van der Waals surface area contributed by atoms with Crippen molar-refractivity contribution in [3.63, 3.8) is 0 Å². The molecule has 2 heterocycles. The first-order valence-corrected chi connectivity index (χ1v) is 8.83. The summed E-state index contributed by atoms with van der Waals surface area (Å²) in [5.41, 5.74) is 0.736. The maximum absolute atomic E-state index is 14.3. The maximum atomic E-state index is 14.3. The van der Waals surface area contributed by atoms with E-state index in [4.69, 9.17) is 9.84 Å². The lowest BCUT2D eigenvalue weighted by Gasteiger charge is -2.16. The third kappa shape index (κ3) is 3.63. The summed E-state index contributed by atoms with van der Waals surface area (Å²) in [6.07, 6.45) is 1.88. The summed E-state index contributed by atoms with van der Waals surface area (Å²) in [4.78, 5) is 25.4. The van der Waals surface area contributed by atoms with E-state index in [1.807, 2.05) is 0 Å². The third-order valence-corrected chi connectivity index (χ3v) is 4.46. The molecular weight excluding hydrogens is 365 g/mol. The molecule has 0 amide bonds. The first-order chi connectivity index (χ1) is 13.3. The lowest BCUT2D eigenvalue weighted by atomic mass is 10.2. The summed E-state index contributed by atoms with van der Waals surface area (Å²) in [5.74, 6) is -0.393. The Kier molecular flexibility index (Phi) is 5.51. The number of aryl methyl sites for hydroxylation is 3. The van der Waals surface area contributed by atoms with E-state index in [0.29, 0.717) is 12.1 Å². The Hall–Kier alpha value is -3.13. The van der Waals surface area contributed by atoms with Gasteiger partial charge in [0, 0.05) is 33.2 Å². The minimum absolute atomic E-state index is 0.0537. The van der Waals surface area contributed by atoms with E-state index in [1.54, 1.807) is 37.7 Å². The van der Waals surface area contributed by atoms with Gasteiger partial charge >= 0.3 is 0 Å². The molecular formula is C20H22FN3O4. The highest BCUT2D eigenvalue weighted by atomic mass is 19.1. The lowest BCUT2D eigenvalue weighted by Crippen LogP contribution is -2.24. The van der Waals surface area contributed by atoms with E-state index in [0.717, 1.165) is 5.56 Å². The van der Waals surface area contributed by atoms with E-state index in [2.05, 4.69) is 5.32 Å². The van der Waals surface area contributed by atoms with Gasteiger partial charge in [-0.2, -0.15) is 0 Å². The van der Waals surface area contributed by atoms with Crippen molar-refractivity contribution in [2.24, 2.45) is 14.1 Å². The summed E-state index contributed by atoms with van der Waals surface area (Å²) in [6.45, 7) is 1.90. The fourth-order valence-electron chi connectivity index (χ4n) is 3.06. The normalized spacial score (nSPS) is 11.0. The number of hydrogen-bond donors (Lipinski definition) is 2. The molecule has 2 aromatic heterocycles. The van der Waals surface area contributed by atoms with Crippen LogP contribution in [0.3, 0.4) is 0 Å². The van der Waals surface area contributed by atoms with Gasteiger partial charge in [0.2, 0.25) is 5.43 Å². The number of hydrogen-bond acceptors (Lipinski definition) is 5. The van der Waals surface area contributed by atoms with Crippen LogP contribution in [-0.2, 0) is 14.1 Å². The first-order valence-electron chi connectivity index (χ1n) is 8.83. The molecule has 0 aliphatic heterocycles. The van der Waals surface area contributed by atoms with E-state index >= 15 is 0 Å². The van der Waals surface area contributed by atoms with Crippen molar-refractivity contribution < 1.29 is 14.2 Å². The number of nitrogens with one attached hydrogen (secondary N) is 1. The average molecular weight is 387 g/mol. The van der Waals surface area contributed by atoms with Crippen LogP contribution in [0, 0.1) is 12.7 Å². The molecule has 0 aliphatic rings. The van der Waals surface area contributed by atoms with E-state index < -0.39 is 11.2 Å². The first kappa shape index (κ1) is 19.6. The number of fused-ring (bicyclic) bond motifs is 1. The summed E-state index contributed by atoms with van der Waals surface area (Å²) in [7, 11) is 3.25. The predicted molar refractivity (Wildman–Crippen MR) is 106 cm³/mol. The van der Waals surface area contributed by atoms with Crippen LogP contribution in [0.4, 0.5) is 15.8 Å². The highest BCUT2D eigenvalue weighted by Crippen LogP contribution is 2.26. The van der Waals surface area contributed by atoms with Crippen molar-refractivity contribution >= 4 is 22.4 Å². The molecule has 0 bridgehead atoms. The number of aliphatic hydroxyl groups is 1. The number of nitrogens with zero attached hydrogens (tertiary/aromatic N) is 2. The van der Waals surface area contributed by atoms with Crippen molar-refractivity contribution in [2.75, 3.05) is 18.5 Å². The predicted octanol–water partition coefficient (Wildman–Crippen LogP) is 2.19. The van der Waals surface area contributed by atoms with E-state index in [1.165, 1.54) is 22.9 Å². The zero-order valence-corrected chi connectivity index (χ0v) is 16.0. The fourth-order valence-corrected chi connectivity index (χ4v) is 3.06. The molecule has 7 nitrogen and oxygen atoms in total. The van der Waals surface area contributed by atoms with Crippen LogP contribution in [0.2, 0.25) is 0 Å². The molecule has 0 spiro atoms. The summed E-state index contributed by atoms with van der Waals surface area (Å²) in [6, 6.07) is 5.92. The molecule has 1 aromatic carbocycles. The van der Waals surface area contributed by atoms with Crippen LogP contribution in [0.25, 0.3) is 11.0 Å². The van der Waals surface area contributed by atoms with Gasteiger partial charge in [-0.25, -0.2) is 4.39 Å². The summed E-state index contributed by atoms with van der Waals surface area (Å²) >= 11 is 0. The average Bonchev–Trinajstić information content (AvgIpc) is 2.64. The number of rotatable bonds is 6. The maximum Gasteiger partial charge on any atom is 0.253 e. The second kappa shape index (κ2) is 7.85. The van der Waals surface area contributed by atoms with Crippen molar-refractivity contribution in [1.82, 2.24) is 9.13 Å². The second-order valence-electron chi connectivity index (χ2n) is 6.62. The third-order valence-electron chi connectivity index (χ3n) is 4.46. The molecule has 0 radical (unpaired) electrons. The summed E-state index contributed by atoms with van der Waals surface area (Å²) < 4.78 is 22.8. The molecule has 2 N–H and O–H groups in total. The molecule has 0 fully saturated rings. The van der Waals surface area contributed by atoms with Crippen molar-refractivity contribution in [3.8, 4) is 5.75 Å². The summed E-state index contributed by atoms with van der Waals surface area (Å²) in [5, 5.41) is 12.0. The molecule has 148 valence electrons. The topological polar surface area (TPSA) is 85.5 Å². The molecule has 8 heteroatoms. The van der Waals surface area contributed by atoms with Gasteiger partial charge < -0.3 is 19.7 Å². The van der Waals surface area contributed by atoms with Gasteiger partial charge in [-0.15, -0.1) is 0 Å². The highest BCUT2D eigenvalue weighted by molar-refractivity contribution is 5.92. The van der Waals surface area contributed by atoms with Crippen molar-refractivity contribution in [1.29, 1.82) is 0 Å². The number of halogens is 1. The van der Waals surface area contributed by atoms with Crippen LogP contribution in [0.5, 0.6) is 5.75 Å². The Morgan fingerprint density at radius 2 is 1.93 bits per heavy atom. The standard InChI is InChI=1S/C20H22FN3O4/c1-12-5-6-14(13(21)9-12)22-15-10-17(26)24(3)20-18(15)19(27)16(11-23(20)2)28-8-4-7-25/h5-6,9-11,22,25H,4,7-8H2,1-3H3. The fraction of sp³-hybridized carbons (Fsp3) is 0.300. The Balaban J connectivity index is 2.22. The SMILES string of the molecule is Cc1ccc(Nc2cc(=O)n(C)c3c2c(=O)c(OCCCO)cn3C)c(F)c1. The van der Waals surface area contributed by atoms with Crippen molar-refractivity contribution in [3.05, 3.63) is 62.4 Å². The van der Waals surface area contributed by atoms with Gasteiger partial charge in [0.1, 0.15) is 11.5 Å². The number of anilines is 2.